The van der Waals surface area contributed by atoms with Gasteiger partial charge >= 0.3 is 0 Å². The lowest BCUT2D eigenvalue weighted by Crippen LogP contribution is -2.37. The van der Waals surface area contributed by atoms with E-state index >= 15 is 0 Å². The molecule has 0 aliphatic heterocycles. The van der Waals surface area contributed by atoms with Gasteiger partial charge in [0.25, 0.3) is 0 Å². The van der Waals surface area contributed by atoms with Crippen LogP contribution in [0.4, 0.5) is 0 Å². The summed E-state index contributed by atoms with van der Waals surface area (Å²) in [7, 11) is 1.62. The Morgan fingerprint density at radius 3 is 3.11 bits per heavy atom. The number of ether oxygens (including phenoxy) is 1. The molecule has 1 aliphatic rings. The van der Waals surface area contributed by atoms with Gasteiger partial charge in [0.15, 0.2) is 0 Å². The summed E-state index contributed by atoms with van der Waals surface area (Å²) in [6.07, 6.45) is 6.14. The van der Waals surface area contributed by atoms with Crippen molar-refractivity contribution in [1.82, 2.24) is 20.2 Å². The maximum absolute atomic E-state index is 11.8. The molecule has 0 radical (unpaired) electrons. The summed E-state index contributed by atoms with van der Waals surface area (Å²) in [6, 6.07) is 0.695. The molecular formula is C13H22N4O2. The molecule has 1 fully saturated rings. The molecule has 1 unspecified atom stereocenters. The van der Waals surface area contributed by atoms with E-state index in [1.54, 1.807) is 18.0 Å². The van der Waals surface area contributed by atoms with Gasteiger partial charge in [0.1, 0.15) is 6.54 Å². The maximum Gasteiger partial charge on any atom is 0.240 e. The number of hydrogen-bond donors (Lipinski definition) is 2. The lowest BCUT2D eigenvalue weighted by atomic mass is 10.3. The van der Waals surface area contributed by atoms with Crippen molar-refractivity contribution < 1.29 is 9.53 Å². The highest BCUT2D eigenvalue weighted by molar-refractivity contribution is 5.76. The number of rotatable bonds is 8. The lowest BCUT2D eigenvalue weighted by molar-refractivity contribution is -0.122. The Labute approximate surface area is 113 Å². The van der Waals surface area contributed by atoms with Crippen molar-refractivity contribution in [1.29, 1.82) is 0 Å². The van der Waals surface area contributed by atoms with Crippen molar-refractivity contribution >= 4 is 5.91 Å². The van der Waals surface area contributed by atoms with E-state index in [0.717, 1.165) is 12.2 Å². The summed E-state index contributed by atoms with van der Waals surface area (Å²) in [6.45, 7) is 3.51. The van der Waals surface area contributed by atoms with E-state index in [9.17, 15) is 4.79 Å². The van der Waals surface area contributed by atoms with Gasteiger partial charge in [0.05, 0.1) is 18.6 Å². The molecule has 1 heterocycles. The predicted octanol–water partition coefficient (Wildman–Crippen LogP) is 0.286. The monoisotopic (exact) mass is 266 g/mol. The molecular weight excluding hydrogens is 244 g/mol. The molecule has 0 spiro atoms. The summed E-state index contributed by atoms with van der Waals surface area (Å²) in [5.74, 6) is -0.0244. The first-order chi connectivity index (χ1) is 9.17. The summed E-state index contributed by atoms with van der Waals surface area (Å²) < 4.78 is 6.78. The largest absolute Gasteiger partial charge is 0.383 e. The third kappa shape index (κ3) is 5.00. The van der Waals surface area contributed by atoms with Crippen molar-refractivity contribution in [2.24, 2.45) is 0 Å². The second-order valence-corrected chi connectivity index (χ2v) is 5.12. The summed E-state index contributed by atoms with van der Waals surface area (Å²) in [5, 5.41) is 6.27. The number of aromatic nitrogens is 2. The number of nitrogens with one attached hydrogen (secondary N) is 2. The zero-order valence-electron chi connectivity index (χ0n) is 11.6. The van der Waals surface area contributed by atoms with Gasteiger partial charge in [-0.2, -0.15) is 0 Å². The summed E-state index contributed by atoms with van der Waals surface area (Å²) >= 11 is 0. The number of nitrogens with zero attached hydrogens (tertiary/aromatic N) is 2. The van der Waals surface area contributed by atoms with Crippen molar-refractivity contribution in [3.8, 4) is 0 Å². The molecule has 0 aromatic carbocycles. The van der Waals surface area contributed by atoms with Crippen LogP contribution in [-0.2, 0) is 22.6 Å². The molecule has 106 valence electrons. The Morgan fingerprint density at radius 1 is 1.63 bits per heavy atom. The van der Waals surface area contributed by atoms with Crippen LogP contribution >= 0.6 is 0 Å². The van der Waals surface area contributed by atoms with Gasteiger partial charge in [0, 0.05) is 31.9 Å². The van der Waals surface area contributed by atoms with E-state index in [-0.39, 0.29) is 11.9 Å². The average Bonchev–Trinajstić information content (AvgIpc) is 3.08. The van der Waals surface area contributed by atoms with Crippen LogP contribution in [0.25, 0.3) is 0 Å². The van der Waals surface area contributed by atoms with Crippen molar-refractivity contribution in [3.05, 3.63) is 18.2 Å². The number of methoxy groups -OCH3 is 1. The molecule has 2 N–H and O–H groups in total. The minimum Gasteiger partial charge on any atom is -0.383 e. The van der Waals surface area contributed by atoms with Crippen LogP contribution in [0, 0.1) is 0 Å². The first-order valence-corrected chi connectivity index (χ1v) is 6.69. The highest BCUT2D eigenvalue weighted by atomic mass is 16.5. The number of imidazole rings is 1. The van der Waals surface area contributed by atoms with Gasteiger partial charge in [-0.1, -0.05) is 0 Å². The maximum atomic E-state index is 11.8. The van der Waals surface area contributed by atoms with Gasteiger partial charge in [-0.05, 0) is 19.8 Å². The number of amides is 1. The molecule has 1 saturated carbocycles. The quantitative estimate of drug-likeness (QED) is 0.709. The topological polar surface area (TPSA) is 68.2 Å². The minimum absolute atomic E-state index is 0.0244. The summed E-state index contributed by atoms with van der Waals surface area (Å²) in [5.41, 5.74) is 0.977. The number of hydrogen-bond acceptors (Lipinski definition) is 4. The molecule has 0 saturated heterocycles. The number of carbonyl (C=O) groups excluding carboxylic acids is 1. The first kappa shape index (κ1) is 14.0. The molecule has 19 heavy (non-hydrogen) atoms. The zero-order valence-corrected chi connectivity index (χ0v) is 11.6. The molecule has 1 aromatic heterocycles. The SMILES string of the molecule is COCC(C)NC(=O)Cn1cnc(CNC2CC2)c1. The number of carbonyl (C=O) groups is 1. The normalized spacial score (nSPS) is 16.3. The standard InChI is InChI=1S/C13H22N4O2/c1-10(8-19-2)16-13(18)7-17-6-12(15-9-17)5-14-11-3-4-11/h6,9-11,14H,3-5,7-8H2,1-2H3,(H,16,18). The predicted molar refractivity (Wildman–Crippen MR) is 71.6 cm³/mol. The van der Waals surface area contributed by atoms with Gasteiger partial charge in [-0.15, -0.1) is 0 Å². The molecule has 1 aliphatic carbocycles. The second-order valence-electron chi connectivity index (χ2n) is 5.12. The van der Waals surface area contributed by atoms with Gasteiger partial charge in [-0.3, -0.25) is 4.79 Å². The second kappa shape index (κ2) is 6.68. The van der Waals surface area contributed by atoms with Crippen LogP contribution in [0.3, 0.4) is 0 Å². The van der Waals surface area contributed by atoms with E-state index in [1.807, 2.05) is 13.1 Å². The minimum atomic E-state index is -0.0244. The Bertz CT molecular complexity index is 415. The van der Waals surface area contributed by atoms with Crippen molar-refractivity contribution in [2.45, 2.75) is 44.9 Å². The fraction of sp³-hybridized carbons (Fsp3) is 0.692. The molecule has 1 aromatic rings. The van der Waals surface area contributed by atoms with Crippen LogP contribution in [0.15, 0.2) is 12.5 Å². The molecule has 0 bridgehead atoms. The van der Waals surface area contributed by atoms with E-state index < -0.39 is 0 Å². The first-order valence-electron chi connectivity index (χ1n) is 6.69. The fourth-order valence-electron chi connectivity index (χ4n) is 1.90. The van der Waals surface area contributed by atoms with E-state index in [2.05, 4.69) is 15.6 Å². The Hall–Kier alpha value is -1.40. The van der Waals surface area contributed by atoms with Crippen molar-refractivity contribution in [2.75, 3.05) is 13.7 Å². The highest BCUT2D eigenvalue weighted by Gasteiger charge is 2.20. The third-order valence-corrected chi connectivity index (χ3v) is 2.99. The Kier molecular flexibility index (Phi) is 4.93. The lowest BCUT2D eigenvalue weighted by Gasteiger charge is -2.12. The van der Waals surface area contributed by atoms with Crippen LogP contribution < -0.4 is 10.6 Å². The Balaban J connectivity index is 1.73. The smallest absolute Gasteiger partial charge is 0.240 e. The van der Waals surface area contributed by atoms with Crippen LogP contribution in [-0.4, -0.2) is 41.3 Å². The molecule has 2 rings (SSSR count). The van der Waals surface area contributed by atoms with Gasteiger partial charge in [-0.25, -0.2) is 4.98 Å². The molecule has 1 atom stereocenters. The van der Waals surface area contributed by atoms with Gasteiger partial charge < -0.3 is 19.9 Å². The molecule has 6 nitrogen and oxygen atoms in total. The zero-order chi connectivity index (χ0) is 13.7. The van der Waals surface area contributed by atoms with Crippen molar-refractivity contribution in [3.63, 3.8) is 0 Å². The van der Waals surface area contributed by atoms with Crippen LogP contribution in [0.2, 0.25) is 0 Å². The fourth-order valence-corrected chi connectivity index (χ4v) is 1.90. The molecule has 6 heteroatoms. The van der Waals surface area contributed by atoms with Gasteiger partial charge in [0.2, 0.25) is 5.91 Å². The average molecular weight is 266 g/mol. The molecule has 1 amide bonds. The van der Waals surface area contributed by atoms with Crippen LogP contribution in [0.5, 0.6) is 0 Å². The third-order valence-electron chi connectivity index (χ3n) is 2.99. The Morgan fingerprint density at radius 2 is 2.42 bits per heavy atom. The van der Waals surface area contributed by atoms with E-state index in [0.29, 0.717) is 19.2 Å². The van der Waals surface area contributed by atoms with Crippen LogP contribution in [0.1, 0.15) is 25.5 Å². The van der Waals surface area contributed by atoms with E-state index in [4.69, 9.17) is 4.74 Å². The van der Waals surface area contributed by atoms with E-state index in [1.165, 1.54) is 12.8 Å². The highest BCUT2D eigenvalue weighted by Crippen LogP contribution is 2.18. The summed E-state index contributed by atoms with van der Waals surface area (Å²) in [4.78, 5) is 16.0.